The molecule has 1 fully saturated rings. The van der Waals surface area contributed by atoms with E-state index in [2.05, 4.69) is 15.6 Å². The second-order valence-corrected chi connectivity index (χ2v) is 5.39. The number of hydrogen-bond donors (Lipinski definition) is 3. The fourth-order valence-corrected chi connectivity index (χ4v) is 2.73. The van der Waals surface area contributed by atoms with E-state index in [0.717, 1.165) is 25.7 Å². The Morgan fingerprint density at radius 2 is 2.20 bits per heavy atom. The maximum absolute atomic E-state index is 11.9. The van der Waals surface area contributed by atoms with Crippen LogP contribution in [-0.4, -0.2) is 39.9 Å². The summed E-state index contributed by atoms with van der Waals surface area (Å²) in [6.07, 6.45) is 10.7. The van der Waals surface area contributed by atoms with Crippen LogP contribution < -0.4 is 10.6 Å². The van der Waals surface area contributed by atoms with Gasteiger partial charge in [0, 0.05) is 44.0 Å². The number of urea groups is 1. The molecule has 1 heterocycles. The predicted molar refractivity (Wildman–Crippen MR) is 76.2 cm³/mol. The van der Waals surface area contributed by atoms with E-state index in [1.807, 2.05) is 10.8 Å². The number of amides is 2. The van der Waals surface area contributed by atoms with Gasteiger partial charge in [-0.15, -0.1) is 0 Å². The van der Waals surface area contributed by atoms with Crippen LogP contribution in [0.4, 0.5) is 4.79 Å². The summed E-state index contributed by atoms with van der Waals surface area (Å²) in [5.41, 5.74) is 0. The van der Waals surface area contributed by atoms with E-state index in [1.54, 1.807) is 12.5 Å². The van der Waals surface area contributed by atoms with Gasteiger partial charge in [-0.1, -0.05) is 19.3 Å². The minimum atomic E-state index is -0.143. The van der Waals surface area contributed by atoms with E-state index in [4.69, 9.17) is 0 Å². The summed E-state index contributed by atoms with van der Waals surface area (Å²) < 4.78 is 1.92. The molecule has 0 aromatic carbocycles. The third-order valence-electron chi connectivity index (χ3n) is 3.92. The molecule has 6 nitrogen and oxygen atoms in total. The first-order chi connectivity index (χ1) is 9.79. The van der Waals surface area contributed by atoms with Crippen LogP contribution in [0.25, 0.3) is 0 Å². The zero-order valence-electron chi connectivity index (χ0n) is 11.8. The number of aliphatic hydroxyl groups excluding tert-OH is 1. The van der Waals surface area contributed by atoms with E-state index < -0.39 is 0 Å². The van der Waals surface area contributed by atoms with Crippen molar-refractivity contribution in [2.75, 3.05) is 13.2 Å². The Morgan fingerprint density at radius 3 is 2.95 bits per heavy atom. The smallest absolute Gasteiger partial charge is 0.315 e. The normalized spacial score (nSPS) is 23.1. The maximum atomic E-state index is 11.9. The van der Waals surface area contributed by atoms with Crippen LogP contribution >= 0.6 is 0 Å². The summed E-state index contributed by atoms with van der Waals surface area (Å²) in [7, 11) is 0. The molecule has 2 rings (SSSR count). The lowest BCUT2D eigenvalue weighted by molar-refractivity contribution is 0.179. The van der Waals surface area contributed by atoms with Gasteiger partial charge in [0.15, 0.2) is 0 Å². The Kier molecular flexibility index (Phi) is 5.86. The van der Waals surface area contributed by atoms with E-state index in [9.17, 15) is 9.90 Å². The van der Waals surface area contributed by atoms with Gasteiger partial charge in [0.2, 0.25) is 0 Å². The molecule has 0 spiro atoms. The number of rotatable bonds is 5. The topological polar surface area (TPSA) is 79.2 Å². The van der Waals surface area contributed by atoms with E-state index in [-0.39, 0.29) is 24.6 Å². The van der Waals surface area contributed by atoms with Crippen LogP contribution in [0, 0.1) is 5.92 Å². The van der Waals surface area contributed by atoms with Crippen molar-refractivity contribution < 1.29 is 9.90 Å². The van der Waals surface area contributed by atoms with Gasteiger partial charge < -0.3 is 20.3 Å². The maximum Gasteiger partial charge on any atom is 0.315 e. The molecule has 2 amide bonds. The van der Waals surface area contributed by atoms with Gasteiger partial charge in [-0.2, -0.15) is 0 Å². The molecule has 0 unspecified atom stereocenters. The summed E-state index contributed by atoms with van der Waals surface area (Å²) in [5.74, 6) is 0.192. The molecule has 2 atom stereocenters. The van der Waals surface area contributed by atoms with Crippen molar-refractivity contribution in [3.05, 3.63) is 18.7 Å². The fraction of sp³-hybridized carbons (Fsp3) is 0.714. The fourth-order valence-electron chi connectivity index (χ4n) is 2.73. The molecule has 0 radical (unpaired) electrons. The molecule has 0 bridgehead atoms. The zero-order chi connectivity index (χ0) is 14.2. The molecule has 6 heteroatoms. The summed E-state index contributed by atoms with van der Waals surface area (Å²) in [6, 6.07) is -0.0498. The van der Waals surface area contributed by atoms with Gasteiger partial charge in [-0.05, 0) is 12.8 Å². The van der Waals surface area contributed by atoms with Crippen molar-refractivity contribution in [1.29, 1.82) is 0 Å². The highest BCUT2D eigenvalue weighted by Crippen LogP contribution is 2.22. The van der Waals surface area contributed by atoms with Crippen LogP contribution in [0.3, 0.4) is 0 Å². The van der Waals surface area contributed by atoms with Crippen LogP contribution in [0.5, 0.6) is 0 Å². The summed E-state index contributed by atoms with van der Waals surface area (Å²) in [6.45, 7) is 1.43. The summed E-state index contributed by atoms with van der Waals surface area (Å²) in [5, 5.41) is 15.3. The summed E-state index contributed by atoms with van der Waals surface area (Å²) >= 11 is 0. The first kappa shape index (κ1) is 14.8. The molecule has 1 aliphatic carbocycles. The monoisotopic (exact) mass is 280 g/mol. The van der Waals surface area contributed by atoms with Gasteiger partial charge in [-0.25, -0.2) is 9.78 Å². The van der Waals surface area contributed by atoms with Crippen LogP contribution in [0.2, 0.25) is 0 Å². The Morgan fingerprint density at radius 1 is 1.35 bits per heavy atom. The number of imidazole rings is 1. The molecule has 1 aromatic heterocycles. The number of hydrogen-bond acceptors (Lipinski definition) is 3. The first-order valence-corrected chi connectivity index (χ1v) is 7.40. The molecule has 1 aromatic rings. The molecule has 0 saturated heterocycles. The van der Waals surface area contributed by atoms with Crippen molar-refractivity contribution in [2.45, 2.75) is 44.7 Å². The van der Waals surface area contributed by atoms with Crippen LogP contribution in [-0.2, 0) is 6.54 Å². The van der Waals surface area contributed by atoms with Crippen LogP contribution in [0.15, 0.2) is 18.7 Å². The van der Waals surface area contributed by atoms with Gasteiger partial charge in [0.25, 0.3) is 0 Å². The molecule has 20 heavy (non-hydrogen) atoms. The molecule has 1 saturated carbocycles. The molecule has 1 aliphatic rings. The van der Waals surface area contributed by atoms with Crippen molar-refractivity contribution in [1.82, 2.24) is 20.2 Å². The SMILES string of the molecule is O=C(NCCn1ccnc1)N[C@H]1CCCCC[C@H]1CO. The number of carbonyl (C=O) groups excluding carboxylic acids is 1. The standard InChI is InChI=1S/C14H24N4O2/c19-10-12-4-2-1-3-5-13(12)17-14(20)16-7-9-18-8-6-15-11-18/h6,8,11-13,19H,1-5,7,9-10H2,(H2,16,17,20)/t12-,13-/m0/s1. The minimum absolute atomic E-state index is 0.0933. The minimum Gasteiger partial charge on any atom is -0.396 e. The quantitative estimate of drug-likeness (QED) is 0.707. The molecule has 0 aliphatic heterocycles. The molecular weight excluding hydrogens is 256 g/mol. The first-order valence-electron chi connectivity index (χ1n) is 7.40. The zero-order valence-corrected chi connectivity index (χ0v) is 11.8. The largest absolute Gasteiger partial charge is 0.396 e. The number of nitrogens with zero attached hydrogens (tertiary/aromatic N) is 2. The number of carbonyl (C=O) groups is 1. The Labute approximate surface area is 119 Å². The number of aromatic nitrogens is 2. The Bertz CT molecular complexity index is 394. The van der Waals surface area contributed by atoms with Crippen molar-refractivity contribution >= 4 is 6.03 Å². The third kappa shape index (κ3) is 4.52. The van der Waals surface area contributed by atoms with Crippen molar-refractivity contribution in [3.8, 4) is 0 Å². The highest BCUT2D eigenvalue weighted by Gasteiger charge is 2.24. The highest BCUT2D eigenvalue weighted by atomic mass is 16.3. The van der Waals surface area contributed by atoms with E-state index >= 15 is 0 Å². The van der Waals surface area contributed by atoms with Crippen LogP contribution in [0.1, 0.15) is 32.1 Å². The average Bonchev–Trinajstić information content (AvgIpc) is 2.85. The summed E-state index contributed by atoms with van der Waals surface area (Å²) in [4.78, 5) is 15.8. The Hall–Kier alpha value is -1.56. The predicted octanol–water partition coefficient (Wildman–Crippen LogP) is 1.12. The van der Waals surface area contributed by atoms with Gasteiger partial charge in [0.05, 0.1) is 6.33 Å². The van der Waals surface area contributed by atoms with Gasteiger partial charge in [0.1, 0.15) is 0 Å². The Balaban J connectivity index is 1.71. The van der Waals surface area contributed by atoms with Crippen molar-refractivity contribution in [3.63, 3.8) is 0 Å². The second-order valence-electron chi connectivity index (χ2n) is 5.39. The number of nitrogens with one attached hydrogen (secondary N) is 2. The molecular formula is C14H24N4O2. The van der Waals surface area contributed by atoms with Crippen molar-refractivity contribution in [2.24, 2.45) is 5.92 Å². The van der Waals surface area contributed by atoms with E-state index in [0.29, 0.717) is 13.1 Å². The second kappa shape index (κ2) is 7.89. The molecule has 3 N–H and O–H groups in total. The van der Waals surface area contributed by atoms with Gasteiger partial charge in [-0.3, -0.25) is 0 Å². The lowest BCUT2D eigenvalue weighted by Gasteiger charge is -2.24. The number of aliphatic hydroxyl groups is 1. The lowest BCUT2D eigenvalue weighted by Crippen LogP contribution is -2.46. The van der Waals surface area contributed by atoms with Gasteiger partial charge >= 0.3 is 6.03 Å². The highest BCUT2D eigenvalue weighted by molar-refractivity contribution is 5.74. The average molecular weight is 280 g/mol. The molecule has 112 valence electrons. The lowest BCUT2D eigenvalue weighted by atomic mass is 9.96. The third-order valence-corrected chi connectivity index (χ3v) is 3.92. The van der Waals surface area contributed by atoms with E-state index in [1.165, 1.54) is 6.42 Å².